The minimum absolute atomic E-state index is 0.231. The van der Waals surface area contributed by atoms with Gasteiger partial charge in [-0.15, -0.1) is 0 Å². The van der Waals surface area contributed by atoms with Crippen LogP contribution >= 0.6 is 0 Å². The van der Waals surface area contributed by atoms with Crippen molar-refractivity contribution in [3.05, 3.63) is 71.7 Å². The third-order valence-electron chi connectivity index (χ3n) is 4.13. The molecule has 1 aliphatic rings. The highest BCUT2D eigenvalue weighted by molar-refractivity contribution is 5.95. The van der Waals surface area contributed by atoms with Crippen molar-refractivity contribution >= 4 is 11.3 Å². The molecule has 3 rings (SSSR count). The van der Waals surface area contributed by atoms with Crippen molar-refractivity contribution in [2.45, 2.75) is 6.92 Å². The van der Waals surface area contributed by atoms with Gasteiger partial charge >= 0.3 is 0 Å². The third-order valence-corrected chi connectivity index (χ3v) is 4.13. The van der Waals surface area contributed by atoms with Crippen molar-refractivity contribution in [1.82, 2.24) is 10.4 Å². The molecule has 2 aromatic carbocycles. The fraction of sp³-hybridized carbons (Fsp3) is 0.200. The minimum Gasteiger partial charge on any atom is -0.497 e. The molecule has 0 bridgehead atoms. The smallest absolute Gasteiger partial charge is 0.165 e. The van der Waals surface area contributed by atoms with Crippen LogP contribution in [0, 0.1) is 5.82 Å². The van der Waals surface area contributed by atoms with Crippen molar-refractivity contribution in [2.24, 2.45) is 0 Å². The van der Waals surface area contributed by atoms with Crippen LogP contribution in [0.4, 0.5) is 4.39 Å². The van der Waals surface area contributed by atoms with Crippen molar-refractivity contribution in [3.8, 4) is 11.5 Å². The van der Waals surface area contributed by atoms with Crippen LogP contribution in [0.15, 0.2) is 54.7 Å². The lowest BCUT2D eigenvalue weighted by atomic mass is 9.98. The van der Waals surface area contributed by atoms with Gasteiger partial charge in [0.1, 0.15) is 5.75 Å². The van der Waals surface area contributed by atoms with Gasteiger partial charge in [0.15, 0.2) is 11.6 Å². The summed E-state index contributed by atoms with van der Waals surface area (Å²) in [6.07, 6.45) is 4.00. The van der Waals surface area contributed by atoms with E-state index in [1.807, 2.05) is 54.5 Å². The summed E-state index contributed by atoms with van der Waals surface area (Å²) in [5.41, 5.74) is 6.95. The molecule has 0 unspecified atom stereocenters. The number of nitrogens with zero attached hydrogens (tertiary/aromatic N) is 1. The Morgan fingerprint density at radius 3 is 2.32 bits per heavy atom. The topological polar surface area (TPSA) is 33.7 Å². The highest BCUT2D eigenvalue weighted by Gasteiger charge is 2.17. The van der Waals surface area contributed by atoms with Gasteiger partial charge in [0.05, 0.1) is 19.9 Å². The van der Waals surface area contributed by atoms with E-state index in [0.717, 1.165) is 34.7 Å². The van der Waals surface area contributed by atoms with Crippen molar-refractivity contribution in [1.29, 1.82) is 0 Å². The molecule has 1 heterocycles. The van der Waals surface area contributed by atoms with Gasteiger partial charge in [-0.3, -0.25) is 10.4 Å². The maximum absolute atomic E-state index is 14.2. The highest BCUT2D eigenvalue weighted by atomic mass is 19.1. The maximum atomic E-state index is 14.2. The number of rotatable bonds is 5. The number of methoxy groups -OCH3 is 2. The van der Waals surface area contributed by atoms with Crippen LogP contribution in [0.2, 0.25) is 0 Å². The second-order valence-corrected chi connectivity index (χ2v) is 5.58. The number of hydrazine groups is 1. The first-order chi connectivity index (χ1) is 12.2. The first-order valence-electron chi connectivity index (χ1n) is 8.10. The monoisotopic (exact) mass is 340 g/mol. The molecule has 0 atom stereocenters. The van der Waals surface area contributed by atoms with E-state index in [2.05, 4.69) is 5.43 Å². The predicted molar refractivity (Wildman–Crippen MR) is 97.4 cm³/mol. The van der Waals surface area contributed by atoms with Gasteiger partial charge in [0, 0.05) is 23.9 Å². The summed E-state index contributed by atoms with van der Waals surface area (Å²) in [6, 6.07) is 12.8. The van der Waals surface area contributed by atoms with Gasteiger partial charge in [0.2, 0.25) is 0 Å². The summed E-state index contributed by atoms with van der Waals surface area (Å²) < 4.78 is 24.4. The summed E-state index contributed by atoms with van der Waals surface area (Å²) in [4.78, 5) is 0. The fourth-order valence-corrected chi connectivity index (χ4v) is 2.73. The van der Waals surface area contributed by atoms with Crippen LogP contribution in [0.3, 0.4) is 0 Å². The molecule has 0 aromatic heterocycles. The number of nitrogens with one attached hydrogen (secondary N) is 1. The van der Waals surface area contributed by atoms with Gasteiger partial charge in [0.25, 0.3) is 0 Å². The van der Waals surface area contributed by atoms with E-state index >= 15 is 0 Å². The van der Waals surface area contributed by atoms with E-state index in [9.17, 15) is 4.39 Å². The quantitative estimate of drug-likeness (QED) is 0.890. The fourth-order valence-electron chi connectivity index (χ4n) is 2.73. The van der Waals surface area contributed by atoms with E-state index in [1.165, 1.54) is 13.2 Å². The standard InChI is InChI=1S/C20H21FN2O2/c1-4-23-12-11-17(14-5-8-16(24-2)9-6-14)20(22-23)15-7-10-19(25-3)18(21)13-15/h5-13,22H,4H2,1-3H3. The summed E-state index contributed by atoms with van der Waals surface area (Å²) in [7, 11) is 3.10. The molecule has 0 aliphatic carbocycles. The summed E-state index contributed by atoms with van der Waals surface area (Å²) >= 11 is 0. The van der Waals surface area contributed by atoms with Crippen LogP contribution in [-0.4, -0.2) is 25.8 Å². The average molecular weight is 340 g/mol. The molecule has 2 aromatic rings. The number of halogens is 1. The molecule has 0 saturated carbocycles. The van der Waals surface area contributed by atoms with E-state index in [0.29, 0.717) is 0 Å². The molecule has 0 fully saturated rings. The number of hydrogen-bond acceptors (Lipinski definition) is 4. The van der Waals surface area contributed by atoms with E-state index < -0.39 is 0 Å². The lowest BCUT2D eigenvalue weighted by Gasteiger charge is -2.29. The first-order valence-corrected chi connectivity index (χ1v) is 8.10. The zero-order valence-electron chi connectivity index (χ0n) is 14.5. The Morgan fingerprint density at radius 2 is 1.72 bits per heavy atom. The number of hydrogen-bond donors (Lipinski definition) is 1. The molecule has 0 amide bonds. The molecule has 4 nitrogen and oxygen atoms in total. The molecule has 1 N–H and O–H groups in total. The largest absolute Gasteiger partial charge is 0.497 e. The number of allylic oxidation sites excluding steroid dienone is 2. The van der Waals surface area contributed by atoms with Crippen molar-refractivity contribution in [3.63, 3.8) is 0 Å². The zero-order valence-corrected chi connectivity index (χ0v) is 14.5. The number of ether oxygens (including phenoxy) is 2. The molecule has 0 spiro atoms. The van der Waals surface area contributed by atoms with Gasteiger partial charge in [-0.1, -0.05) is 12.1 Å². The van der Waals surface area contributed by atoms with E-state index in [1.54, 1.807) is 13.2 Å². The minimum atomic E-state index is -0.388. The normalized spacial score (nSPS) is 13.7. The lowest BCUT2D eigenvalue weighted by molar-refractivity contribution is 0.340. The molecule has 1 aliphatic heterocycles. The maximum Gasteiger partial charge on any atom is 0.165 e. The van der Waals surface area contributed by atoms with Gasteiger partial charge in [-0.2, -0.15) is 0 Å². The van der Waals surface area contributed by atoms with Gasteiger partial charge in [-0.25, -0.2) is 4.39 Å². The number of benzene rings is 2. The predicted octanol–water partition coefficient (Wildman–Crippen LogP) is 4.07. The zero-order chi connectivity index (χ0) is 17.8. The Kier molecular flexibility index (Phi) is 4.93. The van der Waals surface area contributed by atoms with Crippen LogP contribution in [-0.2, 0) is 0 Å². The molecule has 130 valence electrons. The first kappa shape index (κ1) is 16.9. The third kappa shape index (κ3) is 3.45. The Hall–Kier alpha value is -2.95. The SMILES string of the molecule is CCN1C=CC(c2ccc(OC)cc2)=C(c2ccc(OC)c(F)c2)N1. The molecule has 25 heavy (non-hydrogen) atoms. The van der Waals surface area contributed by atoms with E-state index in [4.69, 9.17) is 9.47 Å². The van der Waals surface area contributed by atoms with Crippen LogP contribution in [0.1, 0.15) is 18.1 Å². The second-order valence-electron chi connectivity index (χ2n) is 5.58. The van der Waals surface area contributed by atoms with Crippen molar-refractivity contribution in [2.75, 3.05) is 20.8 Å². The second kappa shape index (κ2) is 7.30. The Balaban J connectivity index is 2.08. The Bertz CT molecular complexity index is 813. The van der Waals surface area contributed by atoms with Crippen molar-refractivity contribution < 1.29 is 13.9 Å². The van der Waals surface area contributed by atoms with Gasteiger partial charge in [-0.05, 0) is 48.9 Å². The average Bonchev–Trinajstić information content (AvgIpc) is 2.67. The molecular formula is C20H21FN2O2. The molecule has 0 saturated heterocycles. The van der Waals surface area contributed by atoms with Crippen LogP contribution < -0.4 is 14.9 Å². The Morgan fingerprint density at radius 1 is 1.00 bits per heavy atom. The van der Waals surface area contributed by atoms with Crippen LogP contribution in [0.5, 0.6) is 11.5 Å². The Labute approximate surface area is 147 Å². The van der Waals surface area contributed by atoms with Gasteiger partial charge < -0.3 is 9.47 Å². The summed E-state index contributed by atoms with van der Waals surface area (Å²) in [5.74, 6) is 0.638. The molecule has 0 radical (unpaired) electrons. The summed E-state index contributed by atoms with van der Waals surface area (Å²) in [6.45, 7) is 2.83. The molecule has 5 heteroatoms. The van der Waals surface area contributed by atoms with Crippen LogP contribution in [0.25, 0.3) is 11.3 Å². The lowest BCUT2D eigenvalue weighted by Crippen LogP contribution is -2.34. The van der Waals surface area contributed by atoms with E-state index in [-0.39, 0.29) is 11.6 Å². The molecular weight excluding hydrogens is 319 g/mol. The summed E-state index contributed by atoms with van der Waals surface area (Å²) in [5, 5.41) is 1.95. The highest BCUT2D eigenvalue weighted by Crippen LogP contribution is 2.31.